The Morgan fingerprint density at radius 1 is 1.08 bits per heavy atom. The number of benzene rings is 1. The third-order valence-electron chi connectivity index (χ3n) is 5.89. The molecule has 1 aromatic rings. The molecule has 0 aromatic heterocycles. The molecular weight excluding hydrogens is 500 g/mol. The molecule has 1 heterocycles. The molecule has 2 amide bonds. The molecule has 1 saturated heterocycles. The number of unbranched alkanes of at least 4 members (excludes halogenated alkanes) is 2. The van der Waals surface area contributed by atoms with Crippen molar-refractivity contribution in [2.45, 2.75) is 76.5 Å². The zero-order chi connectivity index (χ0) is 28.0. The van der Waals surface area contributed by atoms with Gasteiger partial charge in [0.05, 0.1) is 39.0 Å². The summed E-state index contributed by atoms with van der Waals surface area (Å²) in [6.07, 6.45) is -0.131. The van der Waals surface area contributed by atoms with Crippen molar-refractivity contribution in [3.8, 4) is 0 Å². The van der Waals surface area contributed by atoms with Gasteiger partial charge in [-0.1, -0.05) is 36.8 Å². The first kappa shape index (κ1) is 31.0. The van der Waals surface area contributed by atoms with E-state index in [1.807, 2.05) is 18.2 Å². The van der Waals surface area contributed by atoms with Crippen LogP contribution in [0.5, 0.6) is 0 Å². The number of nitrogens with one attached hydrogen (secondary N) is 2. The van der Waals surface area contributed by atoms with E-state index in [4.69, 9.17) is 23.7 Å². The van der Waals surface area contributed by atoms with Crippen LogP contribution >= 0.6 is 0 Å². The molecule has 38 heavy (non-hydrogen) atoms. The second-order valence-electron chi connectivity index (χ2n) is 8.79. The fourth-order valence-electron chi connectivity index (χ4n) is 4.13. The van der Waals surface area contributed by atoms with E-state index in [0.29, 0.717) is 25.9 Å². The monoisotopic (exact) mass is 538 g/mol. The van der Waals surface area contributed by atoms with Gasteiger partial charge in [-0.15, -0.1) is 0 Å². The maximum absolute atomic E-state index is 12.9. The number of hydrogen-bond donors (Lipinski definition) is 3. The Labute approximate surface area is 222 Å². The molecule has 12 heteroatoms. The topological polar surface area (TPSA) is 159 Å². The van der Waals surface area contributed by atoms with Gasteiger partial charge in [-0.2, -0.15) is 0 Å². The highest BCUT2D eigenvalue weighted by Crippen LogP contribution is 2.32. The summed E-state index contributed by atoms with van der Waals surface area (Å²) in [5, 5.41) is 15.4. The van der Waals surface area contributed by atoms with Gasteiger partial charge in [0.2, 0.25) is 5.91 Å². The van der Waals surface area contributed by atoms with Gasteiger partial charge < -0.3 is 39.4 Å². The van der Waals surface area contributed by atoms with Gasteiger partial charge in [0.25, 0.3) is 5.79 Å². The van der Waals surface area contributed by atoms with Crippen molar-refractivity contribution in [3.63, 3.8) is 0 Å². The molecule has 12 nitrogen and oxygen atoms in total. The number of methoxy groups -OCH3 is 1. The Morgan fingerprint density at radius 2 is 1.82 bits per heavy atom. The van der Waals surface area contributed by atoms with Crippen LogP contribution in [0, 0.1) is 0 Å². The Hall–Kier alpha value is -3.22. The maximum atomic E-state index is 12.9. The minimum Gasteiger partial charge on any atom is -0.466 e. The summed E-state index contributed by atoms with van der Waals surface area (Å²) in [5.74, 6) is -3.50. The van der Waals surface area contributed by atoms with Crippen LogP contribution in [-0.4, -0.2) is 80.0 Å². The van der Waals surface area contributed by atoms with Gasteiger partial charge in [-0.05, 0) is 25.3 Å². The number of hydrogen-bond acceptors (Lipinski definition) is 10. The predicted octanol–water partition coefficient (Wildman–Crippen LogP) is 1.58. The second kappa shape index (κ2) is 15.9. The number of aliphatic hydroxyl groups is 1. The van der Waals surface area contributed by atoms with E-state index in [2.05, 4.69) is 10.6 Å². The van der Waals surface area contributed by atoms with Crippen molar-refractivity contribution in [2.24, 2.45) is 0 Å². The minimum atomic E-state index is -1.95. The van der Waals surface area contributed by atoms with Crippen molar-refractivity contribution in [1.82, 2.24) is 10.6 Å². The zero-order valence-electron chi connectivity index (χ0n) is 22.1. The molecule has 0 radical (unpaired) electrons. The van der Waals surface area contributed by atoms with Crippen LogP contribution in [-0.2, 0) is 44.7 Å². The molecule has 1 aliphatic rings. The second-order valence-corrected chi connectivity index (χ2v) is 8.79. The van der Waals surface area contributed by atoms with Gasteiger partial charge in [0.15, 0.2) is 0 Å². The molecule has 1 fully saturated rings. The summed E-state index contributed by atoms with van der Waals surface area (Å²) >= 11 is 0. The molecule has 0 saturated carbocycles. The number of ether oxygens (including phenoxy) is 5. The van der Waals surface area contributed by atoms with Crippen molar-refractivity contribution in [2.75, 3.05) is 26.9 Å². The maximum Gasteiger partial charge on any atom is 0.407 e. The van der Waals surface area contributed by atoms with E-state index < -0.39 is 48.6 Å². The largest absolute Gasteiger partial charge is 0.466 e. The van der Waals surface area contributed by atoms with Crippen molar-refractivity contribution in [1.29, 1.82) is 0 Å². The summed E-state index contributed by atoms with van der Waals surface area (Å²) < 4.78 is 26.9. The SMILES string of the molecule is CCOC(=O)CCCCCO[C@]1(C(=O)OC)C[C@H](NC(=O)OCc2ccccc2)C(NC(C)=O)[C@H](CO)O1. The van der Waals surface area contributed by atoms with E-state index in [9.17, 15) is 24.3 Å². The molecule has 4 atom stereocenters. The number of alkyl carbamates (subject to hydrolysis) is 1. The molecule has 2 rings (SSSR count). The Bertz CT molecular complexity index is 913. The van der Waals surface area contributed by atoms with Crippen LogP contribution < -0.4 is 10.6 Å². The number of esters is 2. The first-order chi connectivity index (χ1) is 18.2. The molecule has 0 spiro atoms. The highest BCUT2D eigenvalue weighted by Gasteiger charge is 2.54. The van der Waals surface area contributed by atoms with Crippen LogP contribution in [0.1, 0.15) is 51.5 Å². The molecule has 0 aliphatic carbocycles. The molecule has 1 aliphatic heterocycles. The highest BCUT2D eigenvalue weighted by molar-refractivity contribution is 5.79. The third kappa shape index (κ3) is 9.58. The van der Waals surface area contributed by atoms with Crippen LogP contribution in [0.25, 0.3) is 0 Å². The summed E-state index contributed by atoms with van der Waals surface area (Å²) in [4.78, 5) is 48.9. The Balaban J connectivity index is 2.11. The average molecular weight is 539 g/mol. The first-order valence-corrected chi connectivity index (χ1v) is 12.7. The standard InChI is InChI=1S/C26H38N2O10/c1-4-35-22(31)13-9-6-10-14-37-26(24(32)34-3)15-20(23(27-18(2)30)21(16-29)38-26)28-25(33)36-17-19-11-7-5-8-12-19/h5,7-8,11-12,20-21,23,29H,4,6,9-10,13-17H2,1-3H3,(H,27,30)(H,28,33)/t20-,21-,23?,26+/m0/s1. The lowest BCUT2D eigenvalue weighted by molar-refractivity contribution is -0.289. The van der Waals surface area contributed by atoms with Crippen molar-refractivity contribution in [3.05, 3.63) is 35.9 Å². The number of aliphatic hydroxyl groups excluding tert-OH is 1. The summed E-state index contributed by atoms with van der Waals surface area (Å²) in [6.45, 7) is 2.85. The fraction of sp³-hybridized carbons (Fsp3) is 0.615. The van der Waals surface area contributed by atoms with Crippen LogP contribution in [0.2, 0.25) is 0 Å². The van der Waals surface area contributed by atoms with Gasteiger partial charge in [-0.3, -0.25) is 9.59 Å². The number of rotatable bonds is 14. The van der Waals surface area contributed by atoms with Gasteiger partial charge in [0.1, 0.15) is 12.7 Å². The molecular formula is C26H38N2O10. The molecule has 212 valence electrons. The van der Waals surface area contributed by atoms with E-state index in [0.717, 1.165) is 5.56 Å². The van der Waals surface area contributed by atoms with Gasteiger partial charge in [0, 0.05) is 19.8 Å². The van der Waals surface area contributed by atoms with Gasteiger partial charge in [-0.25, -0.2) is 9.59 Å². The molecule has 0 bridgehead atoms. The van der Waals surface area contributed by atoms with E-state index in [-0.39, 0.29) is 32.0 Å². The average Bonchev–Trinajstić information content (AvgIpc) is 2.90. The predicted molar refractivity (Wildman–Crippen MR) is 134 cm³/mol. The van der Waals surface area contributed by atoms with Crippen molar-refractivity contribution < 1.29 is 48.0 Å². The quantitative estimate of drug-likeness (QED) is 0.180. The zero-order valence-corrected chi connectivity index (χ0v) is 22.1. The lowest BCUT2D eigenvalue weighted by Crippen LogP contribution is -2.68. The smallest absolute Gasteiger partial charge is 0.407 e. The number of carbonyl (C=O) groups is 4. The van der Waals surface area contributed by atoms with E-state index >= 15 is 0 Å². The van der Waals surface area contributed by atoms with Gasteiger partial charge >= 0.3 is 18.0 Å². The number of amides is 2. The minimum absolute atomic E-state index is 0.00850. The molecule has 1 unspecified atom stereocenters. The lowest BCUT2D eigenvalue weighted by atomic mass is 9.90. The normalized spacial score (nSPS) is 22.7. The van der Waals surface area contributed by atoms with Crippen LogP contribution in [0.3, 0.4) is 0 Å². The van der Waals surface area contributed by atoms with E-state index in [1.54, 1.807) is 19.1 Å². The number of carbonyl (C=O) groups excluding carboxylic acids is 4. The summed E-state index contributed by atoms with van der Waals surface area (Å²) in [6, 6.07) is 7.27. The molecule has 1 aromatic carbocycles. The summed E-state index contributed by atoms with van der Waals surface area (Å²) in [7, 11) is 1.17. The highest BCUT2D eigenvalue weighted by atomic mass is 16.7. The Kier molecular flexibility index (Phi) is 13.0. The fourth-order valence-corrected chi connectivity index (χ4v) is 4.13. The first-order valence-electron chi connectivity index (χ1n) is 12.7. The molecule has 3 N–H and O–H groups in total. The van der Waals surface area contributed by atoms with Crippen LogP contribution in [0.15, 0.2) is 30.3 Å². The van der Waals surface area contributed by atoms with Crippen LogP contribution in [0.4, 0.5) is 4.79 Å². The summed E-state index contributed by atoms with van der Waals surface area (Å²) in [5.41, 5.74) is 0.775. The Morgan fingerprint density at radius 3 is 2.45 bits per heavy atom. The third-order valence-corrected chi connectivity index (χ3v) is 5.89. The van der Waals surface area contributed by atoms with Crippen molar-refractivity contribution >= 4 is 23.9 Å². The van der Waals surface area contributed by atoms with E-state index in [1.165, 1.54) is 14.0 Å². The lowest BCUT2D eigenvalue weighted by Gasteiger charge is -2.46.